The van der Waals surface area contributed by atoms with Crippen LogP contribution in [0.1, 0.15) is 290 Å². The summed E-state index contributed by atoms with van der Waals surface area (Å²) in [5.74, 6) is -0.933. The van der Waals surface area contributed by atoms with E-state index in [0.29, 0.717) is 19.3 Å². The lowest BCUT2D eigenvalue weighted by Crippen LogP contribution is -2.30. The minimum Gasteiger partial charge on any atom is -0.462 e. The van der Waals surface area contributed by atoms with E-state index < -0.39 is 6.10 Å². The highest BCUT2D eigenvalue weighted by atomic mass is 16.6. The molecule has 0 bridgehead atoms. The lowest BCUT2D eigenvalue weighted by atomic mass is 10.0. The van der Waals surface area contributed by atoms with Crippen LogP contribution in [-0.2, 0) is 28.6 Å². The standard InChI is InChI=1S/C61H108O6/c1-4-7-10-13-16-19-22-25-28-30-33-36-39-42-45-48-51-54-60(63)66-57-58(56-65-59(62)53-50-47-44-41-38-35-32-27-24-21-18-15-12-9-6-3)67-61(64)55-52-49-46-43-40-37-34-31-29-26-23-20-17-14-11-8-5-2/h7,10,16,19,25,28,33,36,42,45,58H,4-6,8-9,11-15,17-18,20-24,26-27,29-32,34-35,37-41,43-44,46-57H2,1-3H3/b10-7-,19-16-,28-25-,36-33-,45-42-/t58-/m1/s1. The molecule has 388 valence electrons. The van der Waals surface area contributed by atoms with Crippen molar-refractivity contribution in [3.8, 4) is 0 Å². The number of esters is 3. The summed E-state index contributed by atoms with van der Waals surface area (Å²) < 4.78 is 16.8. The maximum atomic E-state index is 12.9. The van der Waals surface area contributed by atoms with Crippen molar-refractivity contribution in [1.29, 1.82) is 0 Å². The SMILES string of the molecule is CC/C=C\C/C=C\C/C=C\C/C=C\C/C=C\CCCC(=O)OC[C@@H](COC(=O)CCCCCCCCCCCCCCCCC)OC(=O)CCCCCCCCCCCCCCCCCCC. The van der Waals surface area contributed by atoms with Crippen LogP contribution in [0.3, 0.4) is 0 Å². The number of carbonyl (C=O) groups excluding carboxylic acids is 3. The summed E-state index contributed by atoms with van der Waals surface area (Å²) in [6.45, 7) is 6.51. The second kappa shape index (κ2) is 55.7. The molecule has 0 amide bonds. The summed E-state index contributed by atoms with van der Waals surface area (Å²) >= 11 is 0. The zero-order valence-electron chi connectivity index (χ0n) is 44.4. The first-order valence-corrected chi connectivity index (χ1v) is 28.8. The van der Waals surface area contributed by atoms with Gasteiger partial charge in [-0.05, 0) is 57.8 Å². The molecular formula is C61H108O6. The number of allylic oxidation sites excluding steroid dienone is 10. The first-order valence-electron chi connectivity index (χ1n) is 28.8. The van der Waals surface area contributed by atoms with Crippen LogP contribution < -0.4 is 0 Å². The van der Waals surface area contributed by atoms with Gasteiger partial charge in [-0.1, -0.05) is 274 Å². The first kappa shape index (κ1) is 64.1. The number of unbranched alkanes of at least 4 members (excludes halogenated alkanes) is 31. The Morgan fingerprint density at radius 2 is 0.582 bits per heavy atom. The fourth-order valence-corrected chi connectivity index (χ4v) is 8.24. The van der Waals surface area contributed by atoms with Crippen molar-refractivity contribution in [3.05, 3.63) is 60.8 Å². The molecule has 0 heterocycles. The molecule has 0 saturated carbocycles. The van der Waals surface area contributed by atoms with E-state index in [0.717, 1.165) is 77.0 Å². The number of carbonyl (C=O) groups is 3. The summed E-state index contributed by atoms with van der Waals surface area (Å²) in [5, 5.41) is 0. The minimum atomic E-state index is -0.793. The van der Waals surface area contributed by atoms with Gasteiger partial charge >= 0.3 is 17.9 Å². The highest BCUT2D eigenvalue weighted by molar-refractivity contribution is 5.71. The molecule has 0 saturated heterocycles. The Bertz CT molecular complexity index is 1210. The molecule has 67 heavy (non-hydrogen) atoms. The Kier molecular flexibility index (Phi) is 53.3. The van der Waals surface area contributed by atoms with Crippen molar-refractivity contribution in [3.63, 3.8) is 0 Å². The molecule has 6 nitrogen and oxygen atoms in total. The predicted octanol–water partition coefficient (Wildman–Crippen LogP) is 19.2. The fraction of sp³-hybridized carbons (Fsp3) is 0.787. The van der Waals surface area contributed by atoms with Gasteiger partial charge in [-0.2, -0.15) is 0 Å². The quantitative estimate of drug-likeness (QED) is 0.0262. The Balaban J connectivity index is 4.43. The Labute approximate surface area is 415 Å². The molecule has 0 aliphatic heterocycles. The van der Waals surface area contributed by atoms with Gasteiger partial charge in [0.1, 0.15) is 13.2 Å². The van der Waals surface area contributed by atoms with Crippen LogP contribution in [-0.4, -0.2) is 37.2 Å². The van der Waals surface area contributed by atoms with E-state index in [2.05, 4.69) is 81.5 Å². The van der Waals surface area contributed by atoms with Crippen LogP contribution in [0.4, 0.5) is 0 Å². The van der Waals surface area contributed by atoms with E-state index in [-0.39, 0.29) is 37.5 Å². The van der Waals surface area contributed by atoms with Crippen LogP contribution in [0.2, 0.25) is 0 Å². The molecule has 1 atom stereocenters. The molecule has 0 aromatic heterocycles. The van der Waals surface area contributed by atoms with E-state index in [9.17, 15) is 14.4 Å². The van der Waals surface area contributed by atoms with Crippen LogP contribution in [0.25, 0.3) is 0 Å². The van der Waals surface area contributed by atoms with E-state index in [1.165, 1.54) is 167 Å². The van der Waals surface area contributed by atoms with Crippen molar-refractivity contribution >= 4 is 17.9 Å². The molecule has 0 unspecified atom stereocenters. The fourth-order valence-electron chi connectivity index (χ4n) is 8.24. The normalized spacial score (nSPS) is 12.5. The summed E-state index contributed by atoms with van der Waals surface area (Å²) in [4.78, 5) is 38.1. The first-order chi connectivity index (χ1) is 33.0. The van der Waals surface area contributed by atoms with E-state index in [1.807, 2.05) is 0 Å². The molecule has 0 aromatic carbocycles. The van der Waals surface area contributed by atoms with Crippen molar-refractivity contribution in [2.24, 2.45) is 0 Å². The molecule has 0 aliphatic rings. The van der Waals surface area contributed by atoms with Gasteiger partial charge in [-0.15, -0.1) is 0 Å². The Morgan fingerprint density at radius 3 is 0.910 bits per heavy atom. The topological polar surface area (TPSA) is 78.9 Å². The molecule has 0 fully saturated rings. The number of rotatable bonds is 52. The molecule has 0 spiro atoms. The van der Waals surface area contributed by atoms with Gasteiger partial charge in [0.2, 0.25) is 0 Å². The van der Waals surface area contributed by atoms with Gasteiger partial charge < -0.3 is 14.2 Å². The highest BCUT2D eigenvalue weighted by Gasteiger charge is 2.19. The predicted molar refractivity (Wildman–Crippen MR) is 288 cm³/mol. The monoisotopic (exact) mass is 937 g/mol. The minimum absolute atomic E-state index is 0.0876. The third-order valence-electron chi connectivity index (χ3n) is 12.5. The van der Waals surface area contributed by atoms with Gasteiger partial charge in [0, 0.05) is 19.3 Å². The van der Waals surface area contributed by atoms with E-state index >= 15 is 0 Å². The summed E-state index contributed by atoms with van der Waals surface area (Å²) in [6.07, 6.45) is 69.3. The molecule has 0 rings (SSSR count). The third kappa shape index (κ3) is 53.9. The highest BCUT2D eigenvalue weighted by Crippen LogP contribution is 2.17. The second-order valence-electron chi connectivity index (χ2n) is 19.2. The van der Waals surface area contributed by atoms with Crippen molar-refractivity contribution in [2.45, 2.75) is 297 Å². The zero-order valence-corrected chi connectivity index (χ0v) is 44.4. The molecule has 6 heteroatoms. The Hall–Kier alpha value is -2.89. The maximum Gasteiger partial charge on any atom is 0.306 e. The van der Waals surface area contributed by atoms with Crippen LogP contribution in [0.5, 0.6) is 0 Å². The summed E-state index contributed by atoms with van der Waals surface area (Å²) in [6, 6.07) is 0. The van der Waals surface area contributed by atoms with Crippen molar-refractivity contribution in [2.75, 3.05) is 13.2 Å². The summed E-state index contributed by atoms with van der Waals surface area (Å²) in [7, 11) is 0. The van der Waals surface area contributed by atoms with E-state index in [1.54, 1.807) is 0 Å². The molecule has 0 aliphatic carbocycles. The van der Waals surface area contributed by atoms with Gasteiger partial charge in [0.25, 0.3) is 0 Å². The second-order valence-corrected chi connectivity index (χ2v) is 19.2. The Morgan fingerprint density at radius 1 is 0.313 bits per heavy atom. The number of ether oxygens (including phenoxy) is 3. The third-order valence-corrected chi connectivity index (χ3v) is 12.5. The van der Waals surface area contributed by atoms with E-state index in [4.69, 9.17) is 14.2 Å². The smallest absolute Gasteiger partial charge is 0.306 e. The van der Waals surface area contributed by atoms with Gasteiger partial charge in [0.05, 0.1) is 0 Å². The molecular weight excluding hydrogens is 829 g/mol. The average Bonchev–Trinajstić information content (AvgIpc) is 3.33. The van der Waals surface area contributed by atoms with Crippen LogP contribution >= 0.6 is 0 Å². The van der Waals surface area contributed by atoms with Crippen LogP contribution in [0, 0.1) is 0 Å². The lowest BCUT2D eigenvalue weighted by molar-refractivity contribution is -0.167. The molecule has 0 radical (unpaired) electrons. The molecule has 0 aromatic rings. The van der Waals surface area contributed by atoms with Crippen molar-refractivity contribution < 1.29 is 28.6 Å². The van der Waals surface area contributed by atoms with Gasteiger partial charge in [0.15, 0.2) is 6.10 Å². The van der Waals surface area contributed by atoms with Gasteiger partial charge in [-0.25, -0.2) is 0 Å². The largest absolute Gasteiger partial charge is 0.462 e. The van der Waals surface area contributed by atoms with Crippen LogP contribution in [0.15, 0.2) is 60.8 Å². The number of hydrogen-bond donors (Lipinski definition) is 0. The maximum absolute atomic E-state index is 12.9. The van der Waals surface area contributed by atoms with Gasteiger partial charge in [-0.3, -0.25) is 14.4 Å². The zero-order chi connectivity index (χ0) is 48.6. The average molecular weight is 938 g/mol. The lowest BCUT2D eigenvalue weighted by Gasteiger charge is -2.18. The molecule has 0 N–H and O–H groups in total. The summed E-state index contributed by atoms with van der Waals surface area (Å²) in [5.41, 5.74) is 0. The van der Waals surface area contributed by atoms with Crippen molar-refractivity contribution in [1.82, 2.24) is 0 Å². The number of hydrogen-bond acceptors (Lipinski definition) is 6.